The Hall–Kier alpha value is -2.59. The van der Waals surface area contributed by atoms with Gasteiger partial charge in [0.05, 0.1) is 30.0 Å². The van der Waals surface area contributed by atoms with Crippen LogP contribution in [0.25, 0.3) is 0 Å². The number of nitrogens with one attached hydrogen (secondary N) is 1. The summed E-state index contributed by atoms with van der Waals surface area (Å²) in [5.74, 6) is -0.0315. The molecule has 2 aromatic carbocycles. The molecule has 10 heteroatoms. The van der Waals surface area contributed by atoms with Gasteiger partial charge in [0.15, 0.2) is 9.84 Å². The first-order valence-electron chi connectivity index (χ1n) is 9.08. The Labute approximate surface area is 177 Å². The molecule has 0 spiro atoms. The minimum atomic E-state index is -3.76. The highest BCUT2D eigenvalue weighted by Gasteiger charge is 2.30. The number of sulfonamides is 1. The van der Waals surface area contributed by atoms with Crippen molar-refractivity contribution in [3.05, 3.63) is 54.1 Å². The summed E-state index contributed by atoms with van der Waals surface area (Å²) in [6.45, 7) is 3.23. The average Bonchev–Trinajstić information content (AvgIpc) is 2.66. The molecule has 30 heavy (non-hydrogen) atoms. The van der Waals surface area contributed by atoms with E-state index in [0.29, 0.717) is 17.0 Å². The summed E-state index contributed by atoms with van der Waals surface area (Å²) in [5.41, 5.74) is 1.000. The number of ether oxygens (including phenoxy) is 1. The largest absolute Gasteiger partial charge is 0.497 e. The molecule has 164 valence electrons. The highest BCUT2D eigenvalue weighted by molar-refractivity contribution is 7.92. The Morgan fingerprint density at radius 3 is 2.10 bits per heavy atom. The third-order valence-electron chi connectivity index (χ3n) is 4.56. The van der Waals surface area contributed by atoms with Gasteiger partial charge in [-0.25, -0.2) is 16.8 Å². The lowest BCUT2D eigenvalue weighted by molar-refractivity contribution is -0.122. The Kier molecular flexibility index (Phi) is 7.14. The highest BCUT2D eigenvalue weighted by Crippen LogP contribution is 2.26. The van der Waals surface area contributed by atoms with Crippen LogP contribution in [0.1, 0.15) is 25.5 Å². The molecule has 0 aliphatic carbocycles. The third-order valence-corrected chi connectivity index (χ3v) is 6.93. The molecule has 2 rings (SSSR count). The quantitative estimate of drug-likeness (QED) is 0.654. The molecule has 0 bridgehead atoms. The number of nitrogens with zero attached hydrogens (tertiary/aromatic N) is 1. The number of carbonyl (C=O) groups excluding carboxylic acids is 1. The van der Waals surface area contributed by atoms with Crippen LogP contribution in [0.5, 0.6) is 5.75 Å². The second-order valence-electron chi connectivity index (χ2n) is 7.01. The predicted molar refractivity (Wildman–Crippen MR) is 116 cm³/mol. The second-order valence-corrected chi connectivity index (χ2v) is 10.9. The van der Waals surface area contributed by atoms with E-state index in [0.717, 1.165) is 16.8 Å². The molecule has 0 heterocycles. The number of rotatable bonds is 8. The number of hydrogen-bond acceptors (Lipinski definition) is 6. The molecule has 1 N–H and O–H groups in total. The van der Waals surface area contributed by atoms with Gasteiger partial charge in [-0.1, -0.05) is 18.2 Å². The van der Waals surface area contributed by atoms with Crippen LogP contribution in [-0.4, -0.2) is 48.4 Å². The second kappa shape index (κ2) is 9.05. The molecule has 0 fully saturated rings. The van der Waals surface area contributed by atoms with E-state index in [-0.39, 0.29) is 4.90 Å². The number of carbonyl (C=O) groups is 1. The minimum absolute atomic E-state index is 0.180. The number of sulfone groups is 1. The summed E-state index contributed by atoms with van der Waals surface area (Å²) in [6.07, 6.45) is 2.15. The van der Waals surface area contributed by atoms with E-state index < -0.39 is 37.9 Å². The van der Waals surface area contributed by atoms with E-state index in [9.17, 15) is 21.6 Å². The van der Waals surface area contributed by atoms with Gasteiger partial charge in [0.2, 0.25) is 15.9 Å². The van der Waals surface area contributed by atoms with E-state index in [1.54, 1.807) is 37.3 Å². The molecule has 0 unspecified atom stereocenters. The van der Waals surface area contributed by atoms with Crippen LogP contribution in [0.2, 0.25) is 0 Å². The summed E-state index contributed by atoms with van der Waals surface area (Å²) in [5, 5.41) is 2.78. The van der Waals surface area contributed by atoms with E-state index in [4.69, 9.17) is 4.74 Å². The molecule has 2 atom stereocenters. The van der Waals surface area contributed by atoms with Crippen molar-refractivity contribution < 1.29 is 26.4 Å². The Morgan fingerprint density at radius 2 is 1.60 bits per heavy atom. The summed E-state index contributed by atoms with van der Waals surface area (Å²) in [6, 6.07) is 11.1. The van der Waals surface area contributed by atoms with E-state index in [2.05, 4.69) is 5.32 Å². The smallest absolute Gasteiger partial charge is 0.244 e. The topological polar surface area (TPSA) is 110 Å². The fraction of sp³-hybridized carbons (Fsp3) is 0.350. The summed E-state index contributed by atoms with van der Waals surface area (Å²) >= 11 is 0. The van der Waals surface area contributed by atoms with E-state index in [1.807, 2.05) is 0 Å². The maximum atomic E-state index is 12.8. The molecular formula is C20H26N2O6S2. The van der Waals surface area contributed by atoms with Crippen LogP contribution in [-0.2, 0) is 24.7 Å². The molecule has 0 radical (unpaired) electrons. The minimum Gasteiger partial charge on any atom is -0.497 e. The average molecular weight is 455 g/mol. The van der Waals surface area contributed by atoms with Crippen molar-refractivity contribution in [1.82, 2.24) is 5.32 Å². The molecule has 0 aliphatic rings. The molecule has 1 amide bonds. The summed E-state index contributed by atoms with van der Waals surface area (Å²) < 4.78 is 54.2. The lowest BCUT2D eigenvalue weighted by Gasteiger charge is -2.29. The molecule has 0 aliphatic heterocycles. The fourth-order valence-corrected chi connectivity index (χ4v) is 4.77. The van der Waals surface area contributed by atoms with E-state index in [1.165, 1.54) is 32.2 Å². The normalized spacial score (nSPS) is 13.9. The first-order valence-corrected chi connectivity index (χ1v) is 12.8. The van der Waals surface area contributed by atoms with Crippen LogP contribution in [0.4, 0.5) is 5.69 Å². The van der Waals surface area contributed by atoms with Crippen molar-refractivity contribution in [2.45, 2.75) is 30.8 Å². The lowest BCUT2D eigenvalue weighted by Crippen LogP contribution is -2.48. The molecule has 0 aromatic heterocycles. The lowest BCUT2D eigenvalue weighted by atomic mass is 10.1. The summed E-state index contributed by atoms with van der Waals surface area (Å²) in [7, 11) is -5.61. The number of anilines is 1. The van der Waals surface area contributed by atoms with Gasteiger partial charge < -0.3 is 10.1 Å². The van der Waals surface area contributed by atoms with Crippen LogP contribution >= 0.6 is 0 Å². The molecule has 0 saturated carbocycles. The first-order chi connectivity index (χ1) is 13.8. The maximum Gasteiger partial charge on any atom is 0.244 e. The third kappa shape index (κ3) is 5.73. The van der Waals surface area contributed by atoms with Crippen LogP contribution in [0, 0.1) is 0 Å². The zero-order valence-corrected chi connectivity index (χ0v) is 19.1. The van der Waals surface area contributed by atoms with Crippen LogP contribution in [0.15, 0.2) is 53.4 Å². The zero-order chi connectivity index (χ0) is 22.7. The van der Waals surface area contributed by atoms with Gasteiger partial charge >= 0.3 is 0 Å². The SMILES string of the molecule is COc1cccc(N([C@@H](C)C(=O)N[C@H](C)c2ccc(S(C)(=O)=O)cc2)S(C)(=O)=O)c1. The van der Waals surface area contributed by atoms with Crippen molar-refractivity contribution in [3.8, 4) is 5.75 Å². The Balaban J connectivity index is 2.24. The monoisotopic (exact) mass is 454 g/mol. The van der Waals surface area contributed by atoms with Crippen LogP contribution in [0.3, 0.4) is 0 Å². The zero-order valence-electron chi connectivity index (χ0n) is 17.5. The van der Waals surface area contributed by atoms with Crippen LogP contribution < -0.4 is 14.4 Å². The number of methoxy groups -OCH3 is 1. The van der Waals surface area contributed by atoms with Gasteiger partial charge in [-0.3, -0.25) is 9.10 Å². The van der Waals surface area contributed by atoms with Gasteiger partial charge in [0.25, 0.3) is 0 Å². The highest BCUT2D eigenvalue weighted by atomic mass is 32.2. The van der Waals surface area contributed by atoms with Gasteiger partial charge in [-0.05, 0) is 43.7 Å². The van der Waals surface area contributed by atoms with Gasteiger partial charge in [-0.2, -0.15) is 0 Å². The number of amides is 1. The first kappa shape index (κ1) is 23.7. The molecule has 2 aromatic rings. The van der Waals surface area contributed by atoms with Crippen molar-refractivity contribution in [1.29, 1.82) is 0 Å². The molecular weight excluding hydrogens is 428 g/mol. The molecule has 8 nitrogen and oxygen atoms in total. The molecule has 0 saturated heterocycles. The van der Waals surface area contributed by atoms with Crippen molar-refractivity contribution >= 4 is 31.5 Å². The van der Waals surface area contributed by atoms with Gasteiger partial charge in [0, 0.05) is 12.3 Å². The standard InChI is InChI=1S/C20H26N2O6S2/c1-14(16-9-11-19(12-10-16)29(4,24)25)21-20(23)15(2)22(30(5,26)27)17-7-6-8-18(13-17)28-3/h6-15H,1-5H3,(H,21,23)/t14-,15+/m1/s1. The fourth-order valence-electron chi connectivity index (χ4n) is 2.98. The Bertz CT molecular complexity index is 1110. The van der Waals surface area contributed by atoms with Gasteiger partial charge in [0.1, 0.15) is 11.8 Å². The maximum absolute atomic E-state index is 12.8. The van der Waals surface area contributed by atoms with Crippen molar-refractivity contribution in [2.75, 3.05) is 23.9 Å². The Morgan fingerprint density at radius 1 is 1.00 bits per heavy atom. The van der Waals surface area contributed by atoms with Crippen molar-refractivity contribution in [2.24, 2.45) is 0 Å². The number of benzene rings is 2. The van der Waals surface area contributed by atoms with E-state index >= 15 is 0 Å². The number of hydrogen-bond donors (Lipinski definition) is 1. The van der Waals surface area contributed by atoms with Gasteiger partial charge in [-0.15, -0.1) is 0 Å². The summed E-state index contributed by atoms with van der Waals surface area (Å²) in [4.78, 5) is 13.0. The van der Waals surface area contributed by atoms with Crippen molar-refractivity contribution in [3.63, 3.8) is 0 Å². The predicted octanol–water partition coefficient (Wildman–Crippen LogP) is 2.13.